The number of fused-ring (bicyclic) bond motifs is 1. The lowest BCUT2D eigenvalue weighted by Gasteiger charge is -2.31. The van der Waals surface area contributed by atoms with E-state index in [-0.39, 0.29) is 5.78 Å². The summed E-state index contributed by atoms with van der Waals surface area (Å²) in [6.45, 7) is 6.79. The van der Waals surface area contributed by atoms with Gasteiger partial charge in [0.15, 0.2) is 11.5 Å². The Balaban J connectivity index is 1.54. The van der Waals surface area contributed by atoms with Gasteiger partial charge in [0, 0.05) is 54.1 Å². The number of carbonyl (C=O) groups is 2. The zero-order valence-electron chi connectivity index (χ0n) is 20.1. The van der Waals surface area contributed by atoms with Crippen molar-refractivity contribution in [3.8, 4) is 0 Å². The molecule has 2 N–H and O–H groups in total. The molecule has 0 radical (unpaired) electrons. The quantitative estimate of drug-likeness (QED) is 0.481. The molecule has 2 aromatic heterocycles. The summed E-state index contributed by atoms with van der Waals surface area (Å²) in [4.78, 5) is 31.3. The van der Waals surface area contributed by atoms with E-state index in [1.807, 2.05) is 31.5 Å². The first kappa shape index (κ1) is 24.1. The standard InChI is InChI=1S/C26H33FN4O3/c1-25(2,27)24(33)26(3)11-4-14-30(16-12-26)21-9-13-28-22-20(21)10-15-31(22)17-18-5-7-19(8-6-18)23(32)29-34/h5,7,9-10,13,15,34H,4,6,8,11-12,14,16-17H2,1-3H3,(H,29,32)/t26-/m0/s1. The van der Waals surface area contributed by atoms with Crippen molar-refractivity contribution in [2.24, 2.45) is 5.41 Å². The number of alkyl halides is 1. The Kier molecular flexibility index (Phi) is 6.62. The number of hydroxylamine groups is 1. The molecule has 7 nitrogen and oxygen atoms in total. The topological polar surface area (TPSA) is 87.5 Å². The maximum Gasteiger partial charge on any atom is 0.270 e. The van der Waals surface area contributed by atoms with Crippen molar-refractivity contribution in [3.05, 3.63) is 47.8 Å². The highest BCUT2D eigenvalue weighted by atomic mass is 19.1. The second-order valence-electron chi connectivity index (χ2n) is 10.2. The molecule has 1 fully saturated rings. The molecular weight excluding hydrogens is 435 g/mol. The van der Waals surface area contributed by atoms with Gasteiger partial charge in [-0.05, 0) is 58.1 Å². The number of amides is 1. The first-order valence-electron chi connectivity index (χ1n) is 11.9. The van der Waals surface area contributed by atoms with Gasteiger partial charge in [-0.15, -0.1) is 0 Å². The lowest BCUT2D eigenvalue weighted by Crippen LogP contribution is -2.41. The number of carbonyl (C=O) groups excluding carboxylic acids is 2. The number of aromatic nitrogens is 2. The Hall–Kier alpha value is -3.00. The minimum Gasteiger partial charge on any atom is -0.371 e. The van der Waals surface area contributed by atoms with Crippen molar-refractivity contribution in [1.82, 2.24) is 15.0 Å². The number of nitrogens with one attached hydrogen (secondary N) is 1. The van der Waals surface area contributed by atoms with Crippen LogP contribution >= 0.6 is 0 Å². The van der Waals surface area contributed by atoms with Gasteiger partial charge in [0.25, 0.3) is 5.91 Å². The lowest BCUT2D eigenvalue weighted by atomic mass is 9.74. The molecule has 1 aliphatic carbocycles. The molecule has 3 heterocycles. The Morgan fingerprint density at radius 2 is 2.00 bits per heavy atom. The van der Waals surface area contributed by atoms with E-state index in [1.165, 1.54) is 19.4 Å². The summed E-state index contributed by atoms with van der Waals surface area (Å²) in [7, 11) is 0. The highest BCUT2D eigenvalue weighted by molar-refractivity contribution is 5.93. The van der Waals surface area contributed by atoms with Crippen LogP contribution in [0, 0.1) is 5.41 Å². The normalized spacial score (nSPS) is 21.6. The largest absolute Gasteiger partial charge is 0.371 e. The summed E-state index contributed by atoms with van der Waals surface area (Å²) in [5.41, 5.74) is 2.91. The molecule has 2 aliphatic rings. The van der Waals surface area contributed by atoms with Crippen LogP contribution in [0.4, 0.5) is 10.1 Å². The van der Waals surface area contributed by atoms with Gasteiger partial charge in [-0.2, -0.15) is 0 Å². The van der Waals surface area contributed by atoms with Crippen LogP contribution in [0.2, 0.25) is 0 Å². The number of nitrogens with zero attached hydrogens (tertiary/aromatic N) is 3. The van der Waals surface area contributed by atoms with Gasteiger partial charge in [0.05, 0.1) is 0 Å². The first-order chi connectivity index (χ1) is 16.1. The SMILES string of the molecule is CC(C)(F)C(=O)[C@@]1(C)CCCN(c2ccnc3c2ccn3CC2=CC=C(C(=O)NO)CC2)CC1. The number of halogens is 1. The maximum atomic E-state index is 14.4. The highest BCUT2D eigenvalue weighted by Gasteiger charge is 2.43. The second kappa shape index (κ2) is 9.33. The van der Waals surface area contributed by atoms with Crippen molar-refractivity contribution >= 4 is 28.4 Å². The van der Waals surface area contributed by atoms with E-state index in [0.717, 1.165) is 36.1 Å². The second-order valence-corrected chi connectivity index (χ2v) is 10.2. The molecule has 34 heavy (non-hydrogen) atoms. The first-order valence-corrected chi connectivity index (χ1v) is 11.9. The maximum absolute atomic E-state index is 14.4. The van der Waals surface area contributed by atoms with Crippen molar-refractivity contribution < 1.29 is 19.2 Å². The Morgan fingerprint density at radius 3 is 2.68 bits per heavy atom. The third-order valence-corrected chi connectivity index (χ3v) is 7.16. The molecule has 1 amide bonds. The van der Waals surface area contributed by atoms with Crippen molar-refractivity contribution in [2.45, 2.75) is 65.1 Å². The van der Waals surface area contributed by atoms with E-state index in [2.05, 4.69) is 20.5 Å². The number of Topliss-reactive ketones (excluding diaryl/α,β-unsaturated/α-hetero) is 1. The summed E-state index contributed by atoms with van der Waals surface area (Å²) in [6, 6.07) is 4.08. The molecule has 1 saturated heterocycles. The lowest BCUT2D eigenvalue weighted by molar-refractivity contribution is -0.138. The summed E-state index contributed by atoms with van der Waals surface area (Å²) in [6.07, 6.45) is 11.0. The zero-order chi connectivity index (χ0) is 24.5. The molecule has 0 aromatic carbocycles. The van der Waals surface area contributed by atoms with E-state index >= 15 is 0 Å². The smallest absolute Gasteiger partial charge is 0.270 e. The fraction of sp³-hybridized carbons (Fsp3) is 0.500. The summed E-state index contributed by atoms with van der Waals surface area (Å²) >= 11 is 0. The van der Waals surface area contributed by atoms with Crippen molar-refractivity contribution in [2.75, 3.05) is 18.0 Å². The summed E-state index contributed by atoms with van der Waals surface area (Å²) in [5.74, 6) is -0.763. The van der Waals surface area contributed by atoms with Crippen LogP contribution in [0.5, 0.6) is 0 Å². The molecule has 4 rings (SSSR count). The van der Waals surface area contributed by atoms with Gasteiger partial charge in [0.1, 0.15) is 5.65 Å². The number of allylic oxidation sites excluding steroid dienone is 3. The average Bonchev–Trinajstić information content (AvgIpc) is 3.12. The number of anilines is 1. The van der Waals surface area contributed by atoms with Gasteiger partial charge in [-0.3, -0.25) is 14.8 Å². The van der Waals surface area contributed by atoms with Crippen LogP contribution in [0.3, 0.4) is 0 Å². The Labute approximate surface area is 199 Å². The Bertz CT molecular complexity index is 1160. The minimum absolute atomic E-state index is 0.303. The van der Waals surface area contributed by atoms with Gasteiger partial charge in [-0.1, -0.05) is 24.6 Å². The van der Waals surface area contributed by atoms with Crippen LogP contribution < -0.4 is 10.4 Å². The molecule has 8 heteroatoms. The van der Waals surface area contributed by atoms with Crippen molar-refractivity contribution in [1.29, 1.82) is 0 Å². The van der Waals surface area contributed by atoms with Gasteiger partial charge in [0.2, 0.25) is 0 Å². The van der Waals surface area contributed by atoms with Crippen LogP contribution in [-0.4, -0.2) is 45.2 Å². The predicted octanol–water partition coefficient (Wildman–Crippen LogP) is 4.50. The summed E-state index contributed by atoms with van der Waals surface area (Å²) < 4.78 is 16.5. The number of hydrogen-bond donors (Lipinski definition) is 2. The van der Waals surface area contributed by atoms with Crippen molar-refractivity contribution in [3.63, 3.8) is 0 Å². The Morgan fingerprint density at radius 1 is 1.21 bits per heavy atom. The number of ketones is 1. The van der Waals surface area contributed by atoms with E-state index in [0.29, 0.717) is 37.9 Å². The van der Waals surface area contributed by atoms with E-state index in [1.54, 1.807) is 11.6 Å². The third-order valence-electron chi connectivity index (χ3n) is 7.16. The monoisotopic (exact) mass is 468 g/mol. The van der Waals surface area contributed by atoms with Crippen LogP contribution in [0.1, 0.15) is 52.9 Å². The van der Waals surface area contributed by atoms with E-state index in [9.17, 15) is 14.0 Å². The highest BCUT2D eigenvalue weighted by Crippen LogP contribution is 2.38. The fourth-order valence-corrected chi connectivity index (χ4v) is 5.24. The van der Waals surface area contributed by atoms with Gasteiger partial charge >= 0.3 is 0 Å². The molecular formula is C26H33FN4O3. The molecule has 182 valence electrons. The van der Waals surface area contributed by atoms with E-state index < -0.39 is 17.0 Å². The zero-order valence-corrected chi connectivity index (χ0v) is 20.1. The molecule has 1 aliphatic heterocycles. The third kappa shape index (κ3) is 4.78. The average molecular weight is 469 g/mol. The van der Waals surface area contributed by atoms with Gasteiger partial charge in [-0.25, -0.2) is 14.9 Å². The van der Waals surface area contributed by atoms with Crippen LogP contribution in [0.25, 0.3) is 11.0 Å². The molecule has 1 atom stereocenters. The number of pyridine rings is 1. The molecule has 0 saturated carbocycles. The van der Waals surface area contributed by atoms with Crippen LogP contribution in [-0.2, 0) is 16.1 Å². The fourth-order valence-electron chi connectivity index (χ4n) is 5.24. The molecule has 0 spiro atoms. The van der Waals surface area contributed by atoms with Crippen LogP contribution in [0.15, 0.2) is 47.8 Å². The number of hydrogen-bond acceptors (Lipinski definition) is 5. The minimum atomic E-state index is -1.82. The summed E-state index contributed by atoms with van der Waals surface area (Å²) in [5, 5.41) is 9.86. The molecule has 0 bridgehead atoms. The predicted molar refractivity (Wildman–Crippen MR) is 129 cm³/mol. The van der Waals surface area contributed by atoms with E-state index in [4.69, 9.17) is 5.21 Å². The molecule has 0 unspecified atom stereocenters. The van der Waals surface area contributed by atoms with Gasteiger partial charge < -0.3 is 9.47 Å². The number of rotatable bonds is 6. The molecule has 2 aromatic rings.